The molecular formula is C20H24N2O4S. The van der Waals surface area contributed by atoms with Crippen LogP contribution in [0.4, 0.5) is 0 Å². The number of hydrogen-bond donors (Lipinski definition) is 1. The minimum Gasteiger partial charge on any atom is -0.379 e. The van der Waals surface area contributed by atoms with Gasteiger partial charge in [0, 0.05) is 18.7 Å². The number of nitrogens with zero attached hydrogens (tertiary/aromatic N) is 1. The molecule has 1 aliphatic heterocycles. The summed E-state index contributed by atoms with van der Waals surface area (Å²) in [4.78, 5) is 12.8. The minimum absolute atomic E-state index is 0.127. The molecule has 1 N–H and O–H groups in total. The van der Waals surface area contributed by atoms with Gasteiger partial charge in [-0.05, 0) is 30.2 Å². The Labute approximate surface area is 160 Å². The third-order valence-electron chi connectivity index (χ3n) is 4.62. The Kier molecular flexibility index (Phi) is 6.26. The summed E-state index contributed by atoms with van der Waals surface area (Å²) >= 11 is 0. The van der Waals surface area contributed by atoms with Gasteiger partial charge in [-0.25, -0.2) is 8.42 Å². The van der Waals surface area contributed by atoms with Crippen molar-refractivity contribution in [2.24, 2.45) is 0 Å². The number of sulfonamides is 1. The van der Waals surface area contributed by atoms with Gasteiger partial charge < -0.3 is 10.1 Å². The number of benzene rings is 2. The van der Waals surface area contributed by atoms with Crippen molar-refractivity contribution >= 4 is 15.9 Å². The molecule has 0 aromatic heterocycles. The summed E-state index contributed by atoms with van der Waals surface area (Å²) in [6.45, 7) is 3.41. The van der Waals surface area contributed by atoms with Crippen LogP contribution in [0.1, 0.15) is 35.3 Å². The molecule has 27 heavy (non-hydrogen) atoms. The van der Waals surface area contributed by atoms with E-state index in [1.807, 2.05) is 37.3 Å². The van der Waals surface area contributed by atoms with E-state index in [1.54, 1.807) is 12.1 Å². The molecule has 0 saturated carbocycles. The van der Waals surface area contributed by atoms with Crippen LogP contribution in [0.3, 0.4) is 0 Å². The van der Waals surface area contributed by atoms with E-state index in [0.29, 0.717) is 31.9 Å². The maximum Gasteiger partial charge on any atom is 0.251 e. The first-order chi connectivity index (χ1) is 13.0. The molecule has 7 heteroatoms. The predicted octanol–water partition coefficient (Wildman–Crippen LogP) is 2.59. The number of ether oxygens (including phenoxy) is 1. The van der Waals surface area contributed by atoms with Gasteiger partial charge in [-0.1, -0.05) is 43.3 Å². The number of carbonyl (C=O) groups excluding carboxylic acids is 1. The summed E-state index contributed by atoms with van der Waals surface area (Å²) in [6, 6.07) is 15.8. The van der Waals surface area contributed by atoms with Gasteiger partial charge in [-0.3, -0.25) is 4.79 Å². The number of amides is 1. The topological polar surface area (TPSA) is 75.7 Å². The van der Waals surface area contributed by atoms with E-state index in [0.717, 1.165) is 12.0 Å². The molecule has 1 amide bonds. The van der Waals surface area contributed by atoms with E-state index in [-0.39, 0.29) is 16.8 Å². The first kappa shape index (κ1) is 19.5. The lowest BCUT2D eigenvalue weighted by Crippen LogP contribution is -2.40. The lowest BCUT2D eigenvalue weighted by Gasteiger charge is -2.26. The molecule has 2 aromatic carbocycles. The number of carbonyl (C=O) groups is 1. The highest BCUT2D eigenvalue weighted by atomic mass is 32.2. The van der Waals surface area contributed by atoms with Crippen LogP contribution >= 0.6 is 0 Å². The molecule has 144 valence electrons. The van der Waals surface area contributed by atoms with E-state index in [9.17, 15) is 13.2 Å². The Morgan fingerprint density at radius 3 is 2.48 bits per heavy atom. The molecule has 6 nitrogen and oxygen atoms in total. The van der Waals surface area contributed by atoms with Gasteiger partial charge >= 0.3 is 0 Å². The van der Waals surface area contributed by atoms with Gasteiger partial charge in [0.25, 0.3) is 5.91 Å². The number of morpholine rings is 1. The van der Waals surface area contributed by atoms with Crippen LogP contribution in [0, 0.1) is 0 Å². The van der Waals surface area contributed by atoms with Gasteiger partial charge in [0.05, 0.1) is 24.2 Å². The normalized spacial score (nSPS) is 16.6. The smallest absolute Gasteiger partial charge is 0.251 e. The van der Waals surface area contributed by atoms with Gasteiger partial charge in [-0.15, -0.1) is 0 Å². The second-order valence-corrected chi connectivity index (χ2v) is 8.33. The van der Waals surface area contributed by atoms with Crippen LogP contribution in [0.2, 0.25) is 0 Å². The summed E-state index contributed by atoms with van der Waals surface area (Å²) in [7, 11) is -3.63. The summed E-state index contributed by atoms with van der Waals surface area (Å²) in [5, 5.41) is 2.99. The van der Waals surface area contributed by atoms with Gasteiger partial charge in [0.1, 0.15) is 0 Å². The molecule has 0 bridgehead atoms. The van der Waals surface area contributed by atoms with Crippen molar-refractivity contribution in [1.29, 1.82) is 0 Å². The first-order valence-electron chi connectivity index (χ1n) is 9.06. The Bertz CT molecular complexity index is 878. The Morgan fingerprint density at radius 2 is 1.81 bits per heavy atom. The van der Waals surface area contributed by atoms with Crippen LogP contribution in [-0.2, 0) is 14.8 Å². The molecule has 3 rings (SSSR count). The monoisotopic (exact) mass is 388 g/mol. The van der Waals surface area contributed by atoms with Gasteiger partial charge in [0.15, 0.2) is 0 Å². The SMILES string of the molecule is CCC(NC(=O)c1cccc(S(=O)(=O)N2CCOCC2)c1)c1ccccc1. The lowest BCUT2D eigenvalue weighted by molar-refractivity contribution is 0.0730. The molecule has 1 saturated heterocycles. The maximum atomic E-state index is 12.8. The molecule has 2 aromatic rings. The van der Waals surface area contributed by atoms with Crippen molar-refractivity contribution in [3.05, 3.63) is 65.7 Å². The van der Waals surface area contributed by atoms with Crippen LogP contribution in [-0.4, -0.2) is 44.9 Å². The van der Waals surface area contributed by atoms with E-state index >= 15 is 0 Å². The van der Waals surface area contributed by atoms with Crippen molar-refractivity contribution in [2.75, 3.05) is 26.3 Å². The van der Waals surface area contributed by atoms with E-state index < -0.39 is 10.0 Å². The first-order valence-corrected chi connectivity index (χ1v) is 10.5. The predicted molar refractivity (Wildman–Crippen MR) is 103 cm³/mol. The summed E-state index contributed by atoms with van der Waals surface area (Å²) < 4.78 is 32.2. The van der Waals surface area contributed by atoms with Crippen LogP contribution < -0.4 is 5.32 Å². The molecule has 0 radical (unpaired) electrons. The summed E-state index contributed by atoms with van der Waals surface area (Å²) in [6.07, 6.45) is 0.738. The highest BCUT2D eigenvalue weighted by Crippen LogP contribution is 2.20. The van der Waals surface area contributed by atoms with Crippen molar-refractivity contribution in [3.8, 4) is 0 Å². The average Bonchev–Trinajstić information content (AvgIpc) is 2.73. The largest absolute Gasteiger partial charge is 0.379 e. The van der Waals surface area contributed by atoms with E-state index in [4.69, 9.17) is 4.74 Å². The third kappa shape index (κ3) is 4.55. The minimum atomic E-state index is -3.63. The zero-order valence-electron chi connectivity index (χ0n) is 15.3. The fourth-order valence-electron chi connectivity index (χ4n) is 3.08. The highest BCUT2D eigenvalue weighted by molar-refractivity contribution is 7.89. The number of hydrogen-bond acceptors (Lipinski definition) is 4. The fourth-order valence-corrected chi connectivity index (χ4v) is 4.54. The summed E-state index contributed by atoms with van der Waals surface area (Å²) in [5.41, 5.74) is 1.35. The van der Waals surface area contributed by atoms with Crippen LogP contribution in [0.25, 0.3) is 0 Å². The maximum absolute atomic E-state index is 12.8. The van der Waals surface area contributed by atoms with Crippen LogP contribution in [0.5, 0.6) is 0 Å². The molecule has 0 spiro atoms. The van der Waals surface area contributed by atoms with E-state index in [1.165, 1.54) is 16.4 Å². The molecule has 1 heterocycles. The quantitative estimate of drug-likeness (QED) is 0.825. The fraction of sp³-hybridized carbons (Fsp3) is 0.350. The van der Waals surface area contributed by atoms with Crippen molar-refractivity contribution in [1.82, 2.24) is 9.62 Å². The molecule has 1 unspecified atom stereocenters. The van der Waals surface area contributed by atoms with Gasteiger partial charge in [-0.2, -0.15) is 4.31 Å². The highest BCUT2D eigenvalue weighted by Gasteiger charge is 2.27. The van der Waals surface area contributed by atoms with Crippen molar-refractivity contribution in [2.45, 2.75) is 24.3 Å². The third-order valence-corrected chi connectivity index (χ3v) is 6.51. The zero-order chi connectivity index (χ0) is 19.3. The molecule has 1 fully saturated rings. The zero-order valence-corrected chi connectivity index (χ0v) is 16.1. The van der Waals surface area contributed by atoms with Crippen molar-refractivity contribution < 1.29 is 17.9 Å². The van der Waals surface area contributed by atoms with Gasteiger partial charge in [0.2, 0.25) is 10.0 Å². The number of rotatable bonds is 6. The molecule has 0 aliphatic carbocycles. The Morgan fingerprint density at radius 1 is 1.11 bits per heavy atom. The Balaban J connectivity index is 1.79. The second-order valence-electron chi connectivity index (χ2n) is 6.39. The summed E-state index contributed by atoms with van der Waals surface area (Å²) in [5.74, 6) is -0.287. The van der Waals surface area contributed by atoms with E-state index in [2.05, 4.69) is 5.32 Å². The second kappa shape index (κ2) is 8.65. The standard InChI is InChI=1S/C20H24N2O4S/c1-2-19(16-7-4-3-5-8-16)21-20(23)17-9-6-10-18(15-17)27(24,25)22-11-13-26-14-12-22/h3-10,15,19H,2,11-14H2,1H3,(H,21,23). The Hall–Kier alpha value is -2.22. The van der Waals surface area contributed by atoms with Crippen molar-refractivity contribution in [3.63, 3.8) is 0 Å². The average molecular weight is 388 g/mol. The number of nitrogens with one attached hydrogen (secondary N) is 1. The molecule has 1 atom stereocenters. The lowest BCUT2D eigenvalue weighted by atomic mass is 10.0. The molecular weight excluding hydrogens is 364 g/mol. The van der Waals surface area contributed by atoms with Crippen LogP contribution in [0.15, 0.2) is 59.5 Å². The molecule has 1 aliphatic rings.